The first-order valence-electron chi connectivity index (χ1n) is 13.3. The monoisotopic (exact) mass is 549 g/mol. The summed E-state index contributed by atoms with van der Waals surface area (Å²) < 4.78 is 29.0. The summed E-state index contributed by atoms with van der Waals surface area (Å²) in [5.41, 5.74) is 3.96. The third-order valence-corrected chi connectivity index (χ3v) is 8.49. The zero-order valence-electron chi connectivity index (χ0n) is 23.5. The van der Waals surface area contributed by atoms with Crippen molar-refractivity contribution in [2.24, 2.45) is 0 Å². The molecule has 0 saturated carbocycles. The minimum atomic E-state index is -4.08. The Balaban J connectivity index is 2.02. The fraction of sp³-hybridized carbons (Fsp3) is 0.355. The molecule has 0 radical (unpaired) electrons. The van der Waals surface area contributed by atoms with E-state index in [9.17, 15) is 18.0 Å². The molecule has 7 nitrogen and oxygen atoms in total. The second-order valence-electron chi connectivity index (χ2n) is 9.94. The first kappa shape index (κ1) is 29.9. The molecule has 0 spiro atoms. The molecule has 2 amide bonds. The topological polar surface area (TPSA) is 86.8 Å². The van der Waals surface area contributed by atoms with Crippen molar-refractivity contribution in [1.82, 2.24) is 10.2 Å². The van der Waals surface area contributed by atoms with Gasteiger partial charge in [0.25, 0.3) is 10.0 Å². The van der Waals surface area contributed by atoms with Crippen LogP contribution >= 0.6 is 0 Å². The van der Waals surface area contributed by atoms with Crippen molar-refractivity contribution in [1.29, 1.82) is 0 Å². The van der Waals surface area contributed by atoms with Crippen LogP contribution < -0.4 is 9.62 Å². The molecule has 0 aliphatic carbocycles. The van der Waals surface area contributed by atoms with Crippen LogP contribution in [-0.4, -0.2) is 44.3 Å². The van der Waals surface area contributed by atoms with Crippen LogP contribution in [0.4, 0.5) is 5.69 Å². The highest BCUT2D eigenvalue weighted by molar-refractivity contribution is 7.92. The van der Waals surface area contributed by atoms with Crippen molar-refractivity contribution in [3.63, 3.8) is 0 Å². The number of nitrogens with zero attached hydrogens (tertiary/aromatic N) is 2. The lowest BCUT2D eigenvalue weighted by Crippen LogP contribution is -2.51. The van der Waals surface area contributed by atoms with Crippen molar-refractivity contribution in [2.45, 2.75) is 64.9 Å². The molecule has 8 heteroatoms. The van der Waals surface area contributed by atoms with Crippen LogP contribution in [0.25, 0.3) is 0 Å². The quantitative estimate of drug-likeness (QED) is 0.317. The number of unbranched alkanes of at least 4 members (excludes halogenated alkanes) is 1. The van der Waals surface area contributed by atoms with Gasteiger partial charge in [-0.15, -0.1) is 0 Å². The molecular formula is C31H39N3O4S. The fourth-order valence-electron chi connectivity index (χ4n) is 4.23. The van der Waals surface area contributed by atoms with Gasteiger partial charge < -0.3 is 10.2 Å². The Bertz CT molecular complexity index is 1370. The highest BCUT2D eigenvalue weighted by Gasteiger charge is 2.33. The number of anilines is 1. The van der Waals surface area contributed by atoms with Gasteiger partial charge in [-0.25, -0.2) is 8.42 Å². The molecule has 0 aliphatic rings. The molecule has 0 heterocycles. The fourth-order valence-corrected chi connectivity index (χ4v) is 5.72. The first-order chi connectivity index (χ1) is 18.5. The summed E-state index contributed by atoms with van der Waals surface area (Å²) in [6.07, 6.45) is 1.77. The van der Waals surface area contributed by atoms with Gasteiger partial charge in [-0.2, -0.15) is 0 Å². The van der Waals surface area contributed by atoms with Crippen LogP contribution in [0.2, 0.25) is 0 Å². The lowest BCUT2D eigenvalue weighted by atomic mass is 10.1. The number of aryl methyl sites for hydroxylation is 3. The second-order valence-corrected chi connectivity index (χ2v) is 11.8. The van der Waals surface area contributed by atoms with E-state index < -0.39 is 28.5 Å². The van der Waals surface area contributed by atoms with Gasteiger partial charge in [0.2, 0.25) is 11.8 Å². The number of hydrogen-bond acceptors (Lipinski definition) is 4. The lowest BCUT2D eigenvalue weighted by Gasteiger charge is -2.32. The second kappa shape index (κ2) is 13.4. The Hall–Kier alpha value is -3.65. The zero-order chi connectivity index (χ0) is 28.6. The summed E-state index contributed by atoms with van der Waals surface area (Å²) in [4.78, 5) is 28.6. The molecule has 3 rings (SSSR count). The number of benzene rings is 3. The number of rotatable bonds is 12. The minimum Gasteiger partial charge on any atom is -0.354 e. The highest BCUT2D eigenvalue weighted by atomic mass is 32.2. The van der Waals surface area contributed by atoms with Crippen LogP contribution in [0.1, 0.15) is 48.9 Å². The Morgan fingerprint density at radius 2 is 1.54 bits per heavy atom. The van der Waals surface area contributed by atoms with E-state index in [0.29, 0.717) is 12.2 Å². The van der Waals surface area contributed by atoms with Gasteiger partial charge in [0.05, 0.1) is 10.6 Å². The minimum absolute atomic E-state index is 0.0918. The van der Waals surface area contributed by atoms with E-state index in [1.807, 2.05) is 64.1 Å². The highest BCUT2D eigenvalue weighted by Crippen LogP contribution is 2.28. The lowest BCUT2D eigenvalue weighted by molar-refractivity contribution is -0.139. The van der Waals surface area contributed by atoms with Crippen LogP contribution in [0.5, 0.6) is 0 Å². The standard InChI is InChI=1S/C31H39N3O4S/c1-6-7-19-32-31(36)26(5)33(21-27-17-14-23(2)15-18-27)30(35)22-34(29-20-24(3)13-16-25(29)4)39(37,38)28-11-9-8-10-12-28/h8-18,20,26H,6-7,19,21-22H2,1-5H3,(H,32,36)/t26-/m1/s1. The van der Waals surface area contributed by atoms with Crippen LogP contribution in [0.3, 0.4) is 0 Å². The zero-order valence-corrected chi connectivity index (χ0v) is 24.3. The predicted molar refractivity (Wildman–Crippen MR) is 156 cm³/mol. The summed E-state index contributed by atoms with van der Waals surface area (Å²) in [7, 11) is -4.08. The molecule has 1 atom stereocenters. The largest absolute Gasteiger partial charge is 0.354 e. The van der Waals surface area contributed by atoms with Crippen LogP contribution in [0, 0.1) is 20.8 Å². The van der Waals surface area contributed by atoms with E-state index in [4.69, 9.17) is 0 Å². The van der Waals surface area contributed by atoms with Crippen molar-refractivity contribution in [3.8, 4) is 0 Å². The first-order valence-corrected chi connectivity index (χ1v) is 14.8. The molecule has 0 bridgehead atoms. The van der Waals surface area contributed by atoms with Gasteiger partial charge >= 0.3 is 0 Å². The maximum Gasteiger partial charge on any atom is 0.264 e. The molecule has 208 valence electrons. The summed E-state index contributed by atoms with van der Waals surface area (Å²) in [6, 6.07) is 20.6. The molecular weight excluding hydrogens is 510 g/mol. The normalized spacial score (nSPS) is 12.0. The number of carbonyl (C=O) groups excluding carboxylic acids is 2. The third kappa shape index (κ3) is 7.69. The van der Waals surface area contributed by atoms with Gasteiger partial charge in [-0.05, 0) is 69.0 Å². The molecule has 39 heavy (non-hydrogen) atoms. The van der Waals surface area contributed by atoms with E-state index in [1.54, 1.807) is 31.2 Å². The smallest absolute Gasteiger partial charge is 0.264 e. The van der Waals surface area contributed by atoms with Crippen molar-refractivity contribution in [3.05, 3.63) is 95.1 Å². The molecule has 0 aromatic heterocycles. The summed E-state index contributed by atoms with van der Waals surface area (Å²) in [6.45, 7) is 9.65. The number of sulfonamides is 1. The van der Waals surface area contributed by atoms with Crippen molar-refractivity contribution >= 4 is 27.5 Å². The van der Waals surface area contributed by atoms with Gasteiger partial charge in [0, 0.05) is 13.1 Å². The summed E-state index contributed by atoms with van der Waals surface area (Å²) in [5, 5.41) is 2.91. The molecule has 0 saturated heterocycles. The number of amides is 2. The molecule has 0 unspecified atom stereocenters. The van der Waals surface area contributed by atoms with Crippen molar-refractivity contribution in [2.75, 3.05) is 17.4 Å². The van der Waals surface area contributed by atoms with E-state index in [0.717, 1.165) is 39.4 Å². The maximum absolute atomic E-state index is 14.0. The molecule has 1 N–H and O–H groups in total. The molecule has 3 aromatic carbocycles. The Labute approximate surface area is 232 Å². The van der Waals surface area contributed by atoms with Gasteiger partial charge in [-0.3, -0.25) is 13.9 Å². The van der Waals surface area contributed by atoms with Gasteiger partial charge in [-0.1, -0.05) is 73.5 Å². The van der Waals surface area contributed by atoms with E-state index >= 15 is 0 Å². The number of hydrogen-bond donors (Lipinski definition) is 1. The predicted octanol–water partition coefficient (Wildman–Crippen LogP) is 5.14. The number of nitrogens with one attached hydrogen (secondary N) is 1. The molecule has 3 aromatic rings. The Morgan fingerprint density at radius 3 is 2.18 bits per heavy atom. The van der Waals surface area contributed by atoms with Crippen molar-refractivity contribution < 1.29 is 18.0 Å². The summed E-state index contributed by atoms with van der Waals surface area (Å²) in [5.74, 6) is -0.734. The Kier molecular flexibility index (Phi) is 10.3. The maximum atomic E-state index is 14.0. The summed E-state index contributed by atoms with van der Waals surface area (Å²) >= 11 is 0. The average molecular weight is 550 g/mol. The van der Waals surface area contributed by atoms with E-state index in [-0.39, 0.29) is 17.3 Å². The van der Waals surface area contributed by atoms with Crippen LogP contribution in [0.15, 0.2) is 77.7 Å². The van der Waals surface area contributed by atoms with E-state index in [1.165, 1.54) is 17.0 Å². The van der Waals surface area contributed by atoms with Gasteiger partial charge in [0.1, 0.15) is 12.6 Å². The number of carbonyl (C=O) groups is 2. The molecule has 0 aliphatic heterocycles. The van der Waals surface area contributed by atoms with Gasteiger partial charge in [0.15, 0.2) is 0 Å². The Morgan fingerprint density at radius 1 is 0.897 bits per heavy atom. The average Bonchev–Trinajstić information content (AvgIpc) is 2.92. The molecule has 0 fully saturated rings. The van der Waals surface area contributed by atoms with E-state index in [2.05, 4.69) is 5.32 Å². The SMILES string of the molecule is CCCCNC(=O)[C@@H](C)N(Cc1ccc(C)cc1)C(=O)CN(c1cc(C)ccc1C)S(=O)(=O)c1ccccc1. The third-order valence-electron chi connectivity index (χ3n) is 6.71. The van der Waals surface area contributed by atoms with Crippen LogP contribution in [-0.2, 0) is 26.2 Å².